The van der Waals surface area contributed by atoms with Crippen molar-refractivity contribution < 1.29 is 60.2 Å². The Morgan fingerprint density at radius 2 is 0.808 bits per heavy atom. The zero-order valence-electron chi connectivity index (χ0n) is 11.9. The fourth-order valence-electron chi connectivity index (χ4n) is 0.668. The van der Waals surface area contributed by atoms with Crippen LogP contribution in [-0.4, -0.2) is 87.8 Å². The second-order valence-corrected chi connectivity index (χ2v) is 5.59. The fourth-order valence-corrected chi connectivity index (χ4v) is 1.32. The summed E-state index contributed by atoms with van der Waals surface area (Å²) >= 11 is 0. The Labute approximate surface area is 183 Å². The van der Waals surface area contributed by atoms with Crippen LogP contribution in [0, 0.1) is 0 Å². The van der Waals surface area contributed by atoms with Crippen LogP contribution < -0.4 is 0 Å². The van der Waals surface area contributed by atoms with Gasteiger partial charge in [-0.05, 0) is 12.1 Å². The van der Waals surface area contributed by atoms with Crippen LogP contribution in [0.15, 0.2) is 35.2 Å². The molecule has 26 heavy (non-hydrogen) atoms. The molecule has 1 aromatic carbocycles. The quantitative estimate of drug-likeness (QED) is 0.465. The van der Waals surface area contributed by atoms with Gasteiger partial charge in [0.1, 0.15) is 0 Å². The van der Waals surface area contributed by atoms with Gasteiger partial charge in [-0.3, -0.25) is 0 Å². The first-order chi connectivity index (χ1) is 10.6. The van der Waals surface area contributed by atoms with Gasteiger partial charge >= 0.3 is 73.1 Å². The molecular weight excluding hydrogens is 448 g/mol. The Balaban J connectivity index is -0.000000132. The Kier molecular flexibility index (Phi) is 18.4. The number of halogens is 12. The molecule has 0 heterocycles. The van der Waals surface area contributed by atoms with E-state index in [-0.39, 0.29) is 51.4 Å². The standard InChI is InChI=1S/C7H8O2S.3BF4.K.H/c1-10(8,9)7-5-3-2-4-6-7;3*2-1(3,4)5;;/h2-6H,1H3;;;;;/q;3*-1;;. The number of benzene rings is 1. The van der Waals surface area contributed by atoms with Gasteiger partial charge in [-0.15, -0.1) is 0 Å². The number of rotatable bonds is 1. The van der Waals surface area contributed by atoms with Crippen LogP contribution in [0.5, 0.6) is 0 Å². The van der Waals surface area contributed by atoms with E-state index in [0.29, 0.717) is 4.90 Å². The zero-order chi connectivity index (χ0) is 21.1. The Morgan fingerprint density at radius 3 is 0.923 bits per heavy atom. The summed E-state index contributed by atoms with van der Waals surface area (Å²) in [7, 11) is -21.0. The molecule has 0 aliphatic rings. The van der Waals surface area contributed by atoms with Gasteiger partial charge in [-0.25, -0.2) is 8.42 Å². The van der Waals surface area contributed by atoms with Crippen molar-refractivity contribution >= 4 is 83.0 Å². The second kappa shape index (κ2) is 14.2. The molecule has 0 saturated carbocycles. The summed E-state index contributed by atoms with van der Waals surface area (Å²) in [5.74, 6) is 0. The molecule has 0 N–H and O–H groups in total. The van der Waals surface area contributed by atoms with E-state index in [9.17, 15) is 60.2 Å². The molecule has 0 spiro atoms. The van der Waals surface area contributed by atoms with Gasteiger partial charge < -0.3 is 51.8 Å². The fraction of sp³-hybridized carbons (Fsp3) is 0.143. The summed E-state index contributed by atoms with van der Waals surface area (Å²) in [6.45, 7) is 0. The third-order valence-corrected chi connectivity index (χ3v) is 2.30. The normalized spacial score (nSPS) is 11.3. The monoisotopic (exact) mass is 457 g/mol. The van der Waals surface area contributed by atoms with E-state index in [1.165, 1.54) is 6.26 Å². The molecule has 2 nitrogen and oxygen atoms in total. The van der Waals surface area contributed by atoms with E-state index in [1.807, 2.05) is 0 Å². The molecular formula is C7H9B3F12KO2S-3. The van der Waals surface area contributed by atoms with Crippen LogP contribution in [0.4, 0.5) is 51.8 Å². The summed E-state index contributed by atoms with van der Waals surface area (Å²) in [5.41, 5.74) is 0. The third kappa shape index (κ3) is 64.6. The van der Waals surface area contributed by atoms with Gasteiger partial charge in [0.25, 0.3) is 0 Å². The van der Waals surface area contributed by atoms with Crippen LogP contribution in [0.3, 0.4) is 0 Å². The van der Waals surface area contributed by atoms with E-state index >= 15 is 0 Å². The maximum atomic E-state index is 10.8. The van der Waals surface area contributed by atoms with E-state index < -0.39 is 31.6 Å². The first-order valence-electron chi connectivity index (χ1n) is 5.48. The number of hydrogen-bond acceptors (Lipinski definition) is 2. The number of sulfone groups is 1. The Bertz CT molecular complexity index is 512. The van der Waals surface area contributed by atoms with Gasteiger partial charge in [0, 0.05) is 6.26 Å². The number of hydrogen-bond donors (Lipinski definition) is 0. The van der Waals surface area contributed by atoms with Crippen LogP contribution >= 0.6 is 0 Å². The van der Waals surface area contributed by atoms with Crippen LogP contribution in [0.2, 0.25) is 0 Å². The minimum atomic E-state index is -6.00. The van der Waals surface area contributed by atoms with Gasteiger partial charge in [-0.1, -0.05) is 18.2 Å². The van der Waals surface area contributed by atoms with Crippen molar-refractivity contribution in [2.45, 2.75) is 4.90 Å². The topological polar surface area (TPSA) is 34.1 Å². The summed E-state index contributed by atoms with van der Waals surface area (Å²) in [4.78, 5) is 0.370. The first kappa shape index (κ1) is 33.7. The molecule has 1 rings (SSSR count). The first-order valence-corrected chi connectivity index (χ1v) is 7.37. The Morgan fingerprint density at radius 1 is 0.615 bits per heavy atom. The maximum absolute atomic E-state index is 10.8. The van der Waals surface area contributed by atoms with Crippen molar-refractivity contribution in [2.24, 2.45) is 0 Å². The van der Waals surface area contributed by atoms with Crippen molar-refractivity contribution in [1.29, 1.82) is 0 Å². The van der Waals surface area contributed by atoms with Gasteiger partial charge in [-0.2, -0.15) is 0 Å². The van der Waals surface area contributed by atoms with Crippen molar-refractivity contribution in [2.75, 3.05) is 6.26 Å². The van der Waals surface area contributed by atoms with Crippen LogP contribution in [0.1, 0.15) is 0 Å². The van der Waals surface area contributed by atoms with Crippen LogP contribution in [-0.2, 0) is 9.84 Å². The van der Waals surface area contributed by atoms with Gasteiger partial charge in [0.2, 0.25) is 0 Å². The predicted octanol–water partition coefficient (Wildman–Crippen LogP) is 4.34. The summed E-state index contributed by atoms with van der Waals surface area (Å²) in [6, 6.07) is 8.35. The van der Waals surface area contributed by atoms with Crippen molar-refractivity contribution in [1.82, 2.24) is 0 Å². The second-order valence-electron chi connectivity index (χ2n) is 3.57. The molecule has 0 fully saturated rings. The van der Waals surface area contributed by atoms with Crippen molar-refractivity contribution in [3.05, 3.63) is 30.3 Å². The van der Waals surface area contributed by atoms with E-state index in [2.05, 4.69) is 0 Å². The minimum absolute atomic E-state index is 0. The Hall–Kier alpha value is 0.161. The molecule has 0 unspecified atom stereocenters. The molecule has 0 saturated heterocycles. The molecule has 0 radical (unpaired) electrons. The van der Waals surface area contributed by atoms with E-state index in [4.69, 9.17) is 0 Å². The van der Waals surface area contributed by atoms with Gasteiger partial charge in [0.05, 0.1) is 4.90 Å². The van der Waals surface area contributed by atoms with Crippen molar-refractivity contribution in [3.63, 3.8) is 0 Å². The van der Waals surface area contributed by atoms with E-state index in [1.54, 1.807) is 30.3 Å². The molecule has 0 aromatic heterocycles. The molecule has 1 aromatic rings. The molecule has 0 aliphatic carbocycles. The molecule has 0 atom stereocenters. The van der Waals surface area contributed by atoms with Crippen LogP contribution in [0.25, 0.3) is 0 Å². The zero-order valence-corrected chi connectivity index (χ0v) is 12.7. The average molecular weight is 457 g/mol. The molecule has 0 aliphatic heterocycles. The molecule has 152 valence electrons. The van der Waals surface area contributed by atoms with Crippen molar-refractivity contribution in [3.8, 4) is 0 Å². The summed E-state index contributed by atoms with van der Waals surface area (Å²) in [6.07, 6.45) is 1.20. The molecule has 0 bridgehead atoms. The summed E-state index contributed by atoms with van der Waals surface area (Å²) < 4.78 is 139. The third-order valence-electron chi connectivity index (χ3n) is 1.17. The SMILES string of the molecule is CS(=O)(=O)c1ccccc1.F[B-](F)(F)F.F[B-](F)(F)F.F[B-](F)(F)F.[KH]. The predicted molar refractivity (Wildman–Crippen MR) is 77.3 cm³/mol. The average Bonchev–Trinajstić information content (AvgIpc) is 2.22. The molecule has 19 heteroatoms. The van der Waals surface area contributed by atoms with Gasteiger partial charge in [0.15, 0.2) is 9.84 Å². The van der Waals surface area contributed by atoms with E-state index in [0.717, 1.165) is 0 Å². The molecule has 0 amide bonds. The summed E-state index contributed by atoms with van der Waals surface area (Å²) in [5, 5.41) is 0.